The van der Waals surface area contributed by atoms with Crippen LogP contribution in [0.5, 0.6) is 5.75 Å². The number of aryl methyl sites for hydroxylation is 1. The third kappa shape index (κ3) is 3.40. The summed E-state index contributed by atoms with van der Waals surface area (Å²) in [5.41, 5.74) is 10.1. The number of carbonyl (C=O) groups is 1. The van der Waals surface area contributed by atoms with E-state index in [1.807, 2.05) is 49.4 Å². The van der Waals surface area contributed by atoms with E-state index in [2.05, 4.69) is 4.98 Å². The van der Waals surface area contributed by atoms with Gasteiger partial charge < -0.3 is 10.5 Å². The predicted molar refractivity (Wildman–Crippen MR) is 106 cm³/mol. The normalized spacial score (nSPS) is 14.8. The summed E-state index contributed by atoms with van der Waals surface area (Å²) in [7, 11) is 0. The van der Waals surface area contributed by atoms with Gasteiger partial charge in [-0.2, -0.15) is 0 Å². The largest absolute Gasteiger partial charge is 0.449 e. The lowest BCUT2D eigenvalue weighted by atomic mass is 10.1. The number of pyridine rings is 1. The molecule has 0 spiro atoms. The maximum atomic E-state index is 13.2. The summed E-state index contributed by atoms with van der Waals surface area (Å²) < 4.78 is 5.88. The molecule has 5 heteroatoms. The maximum Gasteiger partial charge on any atom is 0.294 e. The summed E-state index contributed by atoms with van der Waals surface area (Å²) in [6, 6.07) is 18.8. The summed E-state index contributed by atoms with van der Waals surface area (Å²) in [4.78, 5) is 19.1. The molecule has 2 heterocycles. The number of rotatable bonds is 3. The fourth-order valence-electron chi connectivity index (χ4n) is 3.04. The second kappa shape index (κ2) is 6.96. The van der Waals surface area contributed by atoms with E-state index in [-0.39, 0.29) is 11.7 Å². The van der Waals surface area contributed by atoms with E-state index >= 15 is 0 Å². The minimum Gasteiger partial charge on any atom is -0.449 e. The van der Waals surface area contributed by atoms with Crippen LogP contribution >= 0.6 is 0 Å². The molecule has 0 atom stereocenters. The van der Waals surface area contributed by atoms with Crippen molar-refractivity contribution < 1.29 is 9.53 Å². The molecule has 0 radical (unpaired) electrons. The highest BCUT2D eigenvalue weighted by Gasteiger charge is 2.31. The van der Waals surface area contributed by atoms with Gasteiger partial charge in [-0.05, 0) is 48.4 Å². The molecule has 5 nitrogen and oxygen atoms in total. The predicted octanol–water partition coefficient (Wildman–Crippen LogP) is 3.94. The summed E-state index contributed by atoms with van der Waals surface area (Å²) in [5, 5.41) is 0. The van der Waals surface area contributed by atoms with Crippen LogP contribution < -0.4 is 15.4 Å². The second-order valence-electron chi connectivity index (χ2n) is 6.41. The molecule has 134 valence electrons. The van der Waals surface area contributed by atoms with E-state index in [0.29, 0.717) is 29.4 Å². The first-order valence-corrected chi connectivity index (χ1v) is 8.68. The molecule has 2 N–H and O–H groups in total. The summed E-state index contributed by atoms with van der Waals surface area (Å²) in [5.74, 6) is 0.612. The highest BCUT2D eigenvalue weighted by Crippen LogP contribution is 2.38. The van der Waals surface area contributed by atoms with Crippen molar-refractivity contribution in [3.05, 3.63) is 89.4 Å². The molecule has 0 aliphatic carbocycles. The number of carbonyl (C=O) groups excluding carboxylic acids is 1. The molecule has 1 aliphatic rings. The molecule has 1 amide bonds. The third-order valence-corrected chi connectivity index (χ3v) is 4.51. The van der Waals surface area contributed by atoms with Gasteiger partial charge in [-0.3, -0.25) is 14.7 Å². The van der Waals surface area contributed by atoms with Gasteiger partial charge in [-0.15, -0.1) is 0 Å². The number of anilines is 2. The van der Waals surface area contributed by atoms with Crippen LogP contribution in [0, 0.1) is 6.92 Å². The molecule has 0 fully saturated rings. The third-order valence-electron chi connectivity index (χ3n) is 4.51. The number of nitrogens with zero attached hydrogens (tertiary/aromatic N) is 2. The molecule has 3 aromatic rings. The fraction of sp³-hybridized carbons (Fsp3) is 0.0909. The lowest BCUT2D eigenvalue weighted by Crippen LogP contribution is -2.37. The Labute approximate surface area is 157 Å². The quantitative estimate of drug-likeness (QED) is 0.569. The molecule has 0 saturated carbocycles. The molecule has 0 unspecified atom stereocenters. The minimum absolute atomic E-state index is 0.220. The molecular weight excluding hydrogens is 338 g/mol. The number of ether oxygens (including phenoxy) is 1. The number of hydrogen-bond acceptors (Lipinski definition) is 4. The highest BCUT2D eigenvalue weighted by atomic mass is 16.5. The van der Waals surface area contributed by atoms with Gasteiger partial charge in [-0.25, -0.2) is 0 Å². The Kier molecular flexibility index (Phi) is 4.34. The van der Waals surface area contributed by atoms with Crippen LogP contribution in [0.3, 0.4) is 0 Å². The van der Waals surface area contributed by atoms with Crippen molar-refractivity contribution >= 4 is 23.4 Å². The molecule has 0 bridgehead atoms. The van der Waals surface area contributed by atoms with Crippen LogP contribution in [-0.2, 0) is 11.3 Å². The lowest BCUT2D eigenvalue weighted by Gasteiger charge is -2.31. The SMILES string of the molecule is Cc1ccccc1CN1C(=O)/C(=C\c2ccccn2)Oc2ccc(N)cc21. The van der Waals surface area contributed by atoms with Gasteiger partial charge >= 0.3 is 0 Å². The Hall–Kier alpha value is -3.60. The van der Waals surface area contributed by atoms with Crippen LogP contribution in [0.25, 0.3) is 6.08 Å². The van der Waals surface area contributed by atoms with E-state index < -0.39 is 0 Å². The molecule has 4 rings (SSSR count). The first kappa shape index (κ1) is 16.8. The number of fused-ring (bicyclic) bond motifs is 1. The first-order valence-electron chi connectivity index (χ1n) is 8.68. The zero-order valence-corrected chi connectivity index (χ0v) is 14.9. The van der Waals surface area contributed by atoms with Crippen LogP contribution in [0.15, 0.2) is 72.6 Å². The van der Waals surface area contributed by atoms with Crippen molar-refractivity contribution in [1.82, 2.24) is 4.98 Å². The summed E-state index contributed by atoms with van der Waals surface area (Å²) >= 11 is 0. The second-order valence-corrected chi connectivity index (χ2v) is 6.41. The zero-order valence-electron chi connectivity index (χ0n) is 14.9. The highest BCUT2D eigenvalue weighted by molar-refractivity contribution is 6.10. The standard InChI is InChI=1S/C22H19N3O2/c1-15-6-2-3-7-16(15)14-25-19-12-17(23)9-10-20(19)27-21(22(25)26)13-18-8-4-5-11-24-18/h2-13H,14,23H2,1H3/b21-13+. The maximum absolute atomic E-state index is 13.2. The van der Waals surface area contributed by atoms with Gasteiger partial charge in [0.05, 0.1) is 17.9 Å². The molecule has 27 heavy (non-hydrogen) atoms. The smallest absolute Gasteiger partial charge is 0.294 e. The number of benzene rings is 2. The number of amides is 1. The topological polar surface area (TPSA) is 68.5 Å². The molecule has 2 aromatic carbocycles. The van der Waals surface area contributed by atoms with Gasteiger partial charge in [0.15, 0.2) is 11.5 Å². The van der Waals surface area contributed by atoms with Crippen molar-refractivity contribution in [3.8, 4) is 5.75 Å². The van der Waals surface area contributed by atoms with Crippen LogP contribution in [0.2, 0.25) is 0 Å². The van der Waals surface area contributed by atoms with Gasteiger partial charge in [0.1, 0.15) is 0 Å². The minimum atomic E-state index is -0.220. The Morgan fingerprint density at radius 3 is 2.70 bits per heavy atom. The van der Waals surface area contributed by atoms with E-state index in [9.17, 15) is 4.79 Å². The number of hydrogen-bond donors (Lipinski definition) is 1. The Morgan fingerprint density at radius 1 is 1.11 bits per heavy atom. The fourth-order valence-corrected chi connectivity index (χ4v) is 3.04. The molecule has 0 saturated heterocycles. The summed E-state index contributed by atoms with van der Waals surface area (Å²) in [6.45, 7) is 2.47. The lowest BCUT2D eigenvalue weighted by molar-refractivity contribution is -0.117. The van der Waals surface area contributed by atoms with Crippen LogP contribution in [0.1, 0.15) is 16.8 Å². The Bertz CT molecular complexity index is 1030. The van der Waals surface area contributed by atoms with E-state index in [1.54, 1.807) is 35.4 Å². The Morgan fingerprint density at radius 2 is 1.93 bits per heavy atom. The van der Waals surface area contributed by atoms with Gasteiger partial charge in [0.2, 0.25) is 0 Å². The van der Waals surface area contributed by atoms with E-state index in [4.69, 9.17) is 10.5 Å². The van der Waals surface area contributed by atoms with E-state index in [0.717, 1.165) is 11.1 Å². The van der Waals surface area contributed by atoms with Crippen molar-refractivity contribution in [2.45, 2.75) is 13.5 Å². The number of aromatic nitrogens is 1. The van der Waals surface area contributed by atoms with Crippen molar-refractivity contribution in [3.63, 3.8) is 0 Å². The monoisotopic (exact) mass is 357 g/mol. The number of nitrogen functional groups attached to an aromatic ring is 1. The van der Waals surface area contributed by atoms with Gasteiger partial charge in [-0.1, -0.05) is 30.3 Å². The van der Waals surface area contributed by atoms with E-state index in [1.165, 1.54) is 0 Å². The van der Waals surface area contributed by atoms with Gasteiger partial charge in [0, 0.05) is 18.0 Å². The van der Waals surface area contributed by atoms with Gasteiger partial charge in [0.25, 0.3) is 5.91 Å². The van der Waals surface area contributed by atoms with Crippen LogP contribution in [0.4, 0.5) is 11.4 Å². The van der Waals surface area contributed by atoms with Crippen molar-refractivity contribution in [2.75, 3.05) is 10.6 Å². The van der Waals surface area contributed by atoms with Crippen molar-refractivity contribution in [2.24, 2.45) is 0 Å². The number of nitrogens with two attached hydrogens (primary N) is 1. The molecule has 1 aliphatic heterocycles. The summed E-state index contributed by atoms with van der Waals surface area (Å²) in [6.07, 6.45) is 3.34. The Balaban J connectivity index is 1.78. The zero-order chi connectivity index (χ0) is 18.8. The van der Waals surface area contributed by atoms with Crippen molar-refractivity contribution in [1.29, 1.82) is 0 Å². The average molecular weight is 357 g/mol. The molecular formula is C22H19N3O2. The average Bonchev–Trinajstić information content (AvgIpc) is 2.68. The van der Waals surface area contributed by atoms with Crippen LogP contribution in [-0.4, -0.2) is 10.9 Å². The first-order chi connectivity index (χ1) is 13.1. The molecule has 1 aromatic heterocycles.